The van der Waals surface area contributed by atoms with Gasteiger partial charge in [0.1, 0.15) is 0 Å². The number of rotatable bonds is 4. The molecule has 0 unspecified atom stereocenters. The van der Waals surface area contributed by atoms with Crippen molar-refractivity contribution in [1.29, 1.82) is 0 Å². The second kappa shape index (κ2) is 6.52. The highest BCUT2D eigenvalue weighted by Crippen LogP contribution is 2.32. The molecule has 2 heteroatoms. The van der Waals surface area contributed by atoms with E-state index in [2.05, 4.69) is 0 Å². The van der Waals surface area contributed by atoms with E-state index in [9.17, 15) is 0 Å². The van der Waals surface area contributed by atoms with Crippen molar-refractivity contribution in [2.45, 2.75) is 38.5 Å². The normalized spacial score (nSPS) is 28.9. The average Bonchev–Trinajstić information content (AvgIpc) is 2.25. The van der Waals surface area contributed by atoms with Gasteiger partial charge in [0.25, 0.3) is 0 Å². The lowest BCUT2D eigenvalue weighted by Gasteiger charge is -2.26. The van der Waals surface area contributed by atoms with Crippen LogP contribution >= 0.6 is 0 Å². The van der Waals surface area contributed by atoms with Crippen LogP contribution in [-0.2, 0) is 0 Å². The minimum Gasteiger partial charge on any atom is -0.516 e. The summed E-state index contributed by atoms with van der Waals surface area (Å²) < 4.78 is 0. The Balaban J connectivity index is 2.17. The largest absolute Gasteiger partial charge is 0.516 e. The molecule has 14 heavy (non-hydrogen) atoms. The Morgan fingerprint density at radius 1 is 0.786 bits per heavy atom. The summed E-state index contributed by atoms with van der Waals surface area (Å²) in [5, 5.41) is 17.1. The highest BCUT2D eigenvalue weighted by atomic mass is 16.2. The van der Waals surface area contributed by atoms with E-state index in [4.69, 9.17) is 10.2 Å². The fourth-order valence-corrected chi connectivity index (χ4v) is 2.21. The summed E-state index contributed by atoms with van der Waals surface area (Å²) in [6, 6.07) is 0. The Bertz CT molecular complexity index is 166. The third-order valence-electron chi connectivity index (χ3n) is 3.12. The highest BCUT2D eigenvalue weighted by molar-refractivity contribution is 4.84. The first-order valence-corrected chi connectivity index (χ1v) is 5.45. The second-order valence-electron chi connectivity index (χ2n) is 4.13. The molecule has 0 aromatic carbocycles. The summed E-state index contributed by atoms with van der Waals surface area (Å²) in [6.45, 7) is 0. The maximum absolute atomic E-state index is 8.55. The molecule has 0 spiro atoms. The van der Waals surface area contributed by atoms with Gasteiger partial charge in [0.15, 0.2) is 0 Å². The molecule has 0 aliphatic heterocycles. The smallest absolute Gasteiger partial charge is 0.0751 e. The SMILES string of the molecule is OC=CCC1CCC(CC=CO)CC1. The molecule has 0 radical (unpaired) electrons. The third kappa shape index (κ3) is 3.86. The second-order valence-corrected chi connectivity index (χ2v) is 4.13. The third-order valence-corrected chi connectivity index (χ3v) is 3.12. The van der Waals surface area contributed by atoms with Crippen LogP contribution in [0.4, 0.5) is 0 Å². The van der Waals surface area contributed by atoms with Crippen LogP contribution in [-0.4, -0.2) is 10.2 Å². The fourth-order valence-electron chi connectivity index (χ4n) is 2.21. The Morgan fingerprint density at radius 3 is 1.43 bits per heavy atom. The van der Waals surface area contributed by atoms with Crippen LogP contribution in [0.1, 0.15) is 38.5 Å². The Hall–Kier alpha value is -0.920. The van der Waals surface area contributed by atoms with E-state index in [0.29, 0.717) is 0 Å². The van der Waals surface area contributed by atoms with Gasteiger partial charge < -0.3 is 10.2 Å². The molecule has 1 aliphatic carbocycles. The van der Waals surface area contributed by atoms with Crippen molar-refractivity contribution in [3.8, 4) is 0 Å². The maximum atomic E-state index is 8.55. The molecule has 0 atom stereocenters. The standard InChI is InChI=1S/C12H20O2/c13-9-1-3-11-5-7-12(8-6-11)4-2-10-14/h1-2,9-14H,3-8H2. The van der Waals surface area contributed by atoms with Gasteiger partial charge in [-0.2, -0.15) is 0 Å². The molecule has 0 amide bonds. The van der Waals surface area contributed by atoms with E-state index < -0.39 is 0 Å². The van der Waals surface area contributed by atoms with E-state index in [1.54, 1.807) is 0 Å². The minimum absolute atomic E-state index is 0.757. The zero-order chi connectivity index (χ0) is 10.2. The Labute approximate surface area is 86.0 Å². The van der Waals surface area contributed by atoms with Gasteiger partial charge in [0.2, 0.25) is 0 Å². The molecule has 1 saturated carbocycles. The molecule has 0 heterocycles. The van der Waals surface area contributed by atoms with Crippen molar-refractivity contribution in [3.05, 3.63) is 24.7 Å². The quantitative estimate of drug-likeness (QED) is 0.673. The predicted molar refractivity (Wildman–Crippen MR) is 58.2 cm³/mol. The molecule has 0 aromatic heterocycles. The number of allylic oxidation sites excluding steroid dienone is 2. The van der Waals surface area contributed by atoms with Crippen molar-refractivity contribution >= 4 is 0 Å². The summed E-state index contributed by atoms with van der Waals surface area (Å²) in [5.74, 6) is 1.51. The topological polar surface area (TPSA) is 40.5 Å². The average molecular weight is 196 g/mol. The van der Waals surface area contributed by atoms with Crippen LogP contribution in [0, 0.1) is 11.8 Å². The van der Waals surface area contributed by atoms with Crippen LogP contribution in [0.15, 0.2) is 24.7 Å². The predicted octanol–water partition coefficient (Wildman–Crippen LogP) is 3.72. The first-order valence-electron chi connectivity index (χ1n) is 5.45. The molecular formula is C12H20O2. The fraction of sp³-hybridized carbons (Fsp3) is 0.667. The molecule has 0 bridgehead atoms. The van der Waals surface area contributed by atoms with E-state index in [1.807, 2.05) is 12.2 Å². The van der Waals surface area contributed by atoms with E-state index in [1.165, 1.54) is 25.7 Å². The van der Waals surface area contributed by atoms with Gasteiger partial charge in [-0.25, -0.2) is 0 Å². The van der Waals surface area contributed by atoms with Gasteiger partial charge in [0.05, 0.1) is 12.5 Å². The maximum Gasteiger partial charge on any atom is 0.0751 e. The highest BCUT2D eigenvalue weighted by Gasteiger charge is 2.19. The zero-order valence-electron chi connectivity index (χ0n) is 8.60. The molecule has 2 N–H and O–H groups in total. The number of aliphatic hydroxyl groups excluding tert-OH is 2. The summed E-state index contributed by atoms with van der Waals surface area (Å²) >= 11 is 0. The number of aliphatic hydroxyl groups is 2. The van der Waals surface area contributed by atoms with Crippen LogP contribution < -0.4 is 0 Å². The molecule has 0 saturated heterocycles. The first kappa shape index (κ1) is 11.2. The van der Waals surface area contributed by atoms with Crippen LogP contribution in [0.3, 0.4) is 0 Å². The zero-order valence-corrected chi connectivity index (χ0v) is 8.60. The van der Waals surface area contributed by atoms with Crippen molar-refractivity contribution in [1.82, 2.24) is 0 Å². The summed E-state index contributed by atoms with van der Waals surface area (Å²) in [7, 11) is 0. The van der Waals surface area contributed by atoms with Gasteiger partial charge in [-0.05, 0) is 62.5 Å². The van der Waals surface area contributed by atoms with Crippen molar-refractivity contribution in [3.63, 3.8) is 0 Å². The van der Waals surface area contributed by atoms with Gasteiger partial charge in [-0.3, -0.25) is 0 Å². The van der Waals surface area contributed by atoms with Gasteiger partial charge in [-0.1, -0.05) is 0 Å². The lowest BCUT2D eigenvalue weighted by molar-refractivity contribution is 0.275. The Kier molecular flexibility index (Phi) is 5.20. The Morgan fingerprint density at radius 2 is 1.14 bits per heavy atom. The van der Waals surface area contributed by atoms with Crippen molar-refractivity contribution < 1.29 is 10.2 Å². The van der Waals surface area contributed by atoms with Crippen molar-refractivity contribution in [2.24, 2.45) is 11.8 Å². The molecule has 1 aliphatic rings. The number of hydrogen-bond acceptors (Lipinski definition) is 2. The lowest BCUT2D eigenvalue weighted by atomic mass is 9.79. The summed E-state index contributed by atoms with van der Waals surface area (Å²) in [6.07, 6.45) is 13.1. The van der Waals surface area contributed by atoms with Crippen LogP contribution in [0.25, 0.3) is 0 Å². The molecular weight excluding hydrogens is 176 g/mol. The number of hydrogen-bond donors (Lipinski definition) is 2. The summed E-state index contributed by atoms with van der Waals surface area (Å²) in [4.78, 5) is 0. The molecule has 80 valence electrons. The van der Waals surface area contributed by atoms with Crippen molar-refractivity contribution in [2.75, 3.05) is 0 Å². The summed E-state index contributed by atoms with van der Waals surface area (Å²) in [5.41, 5.74) is 0. The monoisotopic (exact) mass is 196 g/mol. The minimum atomic E-state index is 0.757. The lowest BCUT2D eigenvalue weighted by Crippen LogP contribution is -2.13. The molecule has 1 fully saturated rings. The van der Waals surface area contributed by atoms with Crippen LogP contribution in [0.5, 0.6) is 0 Å². The van der Waals surface area contributed by atoms with E-state index in [0.717, 1.165) is 37.2 Å². The van der Waals surface area contributed by atoms with Gasteiger partial charge in [0, 0.05) is 0 Å². The van der Waals surface area contributed by atoms with E-state index >= 15 is 0 Å². The van der Waals surface area contributed by atoms with Gasteiger partial charge >= 0.3 is 0 Å². The first-order chi connectivity index (χ1) is 6.86. The van der Waals surface area contributed by atoms with E-state index in [-0.39, 0.29) is 0 Å². The van der Waals surface area contributed by atoms with Gasteiger partial charge in [-0.15, -0.1) is 0 Å². The molecule has 0 aromatic rings. The molecule has 1 rings (SSSR count). The molecule has 2 nitrogen and oxygen atoms in total. The van der Waals surface area contributed by atoms with Crippen LogP contribution in [0.2, 0.25) is 0 Å².